The monoisotopic (exact) mass is 430 g/mol. The zero-order chi connectivity index (χ0) is 22.4. The molecule has 30 heavy (non-hydrogen) atoms. The Balaban J connectivity index is 2.38. The smallest absolute Gasteiger partial charge is 0.346 e. The van der Waals surface area contributed by atoms with Crippen LogP contribution in [0.4, 0.5) is 4.39 Å². The number of Topliss-reactive ketones (excluding diaryl/α,β-unsaturated/α-hetero) is 1. The average Bonchev–Trinajstić information content (AvgIpc) is 3.07. The zero-order valence-corrected chi connectivity index (χ0v) is 18.2. The second kappa shape index (κ2) is 14.7. The normalized spacial score (nSPS) is 22.5. The van der Waals surface area contributed by atoms with Gasteiger partial charge in [-0.25, -0.2) is 9.18 Å². The van der Waals surface area contributed by atoms with Crippen molar-refractivity contribution >= 4 is 11.8 Å². The first-order valence-corrected chi connectivity index (χ1v) is 11.4. The van der Waals surface area contributed by atoms with Gasteiger partial charge in [-0.3, -0.25) is 4.79 Å². The maximum Gasteiger partial charge on any atom is 0.346 e. The van der Waals surface area contributed by atoms with Crippen molar-refractivity contribution < 1.29 is 34.0 Å². The number of allylic oxidation sites excluding steroid dienone is 2. The fourth-order valence-corrected chi connectivity index (χ4v) is 4.06. The molecule has 0 heterocycles. The fraction of sp³-hybridized carbons (Fsp3) is 0.826. The number of hydrogen-bond donors (Lipinski definition) is 3. The first-order valence-electron chi connectivity index (χ1n) is 11.4. The number of carboxylic acids is 1. The van der Waals surface area contributed by atoms with Crippen LogP contribution in [0.3, 0.4) is 0 Å². The van der Waals surface area contributed by atoms with E-state index in [1.165, 1.54) is 25.7 Å². The molecule has 1 aliphatic carbocycles. The molecule has 1 saturated carbocycles. The molecule has 0 spiro atoms. The van der Waals surface area contributed by atoms with Crippen molar-refractivity contribution in [1.82, 2.24) is 0 Å². The Hall–Kier alpha value is -1.31. The zero-order valence-electron chi connectivity index (χ0n) is 18.2. The average molecular weight is 431 g/mol. The highest BCUT2D eigenvalue weighted by atomic mass is 19.1. The summed E-state index contributed by atoms with van der Waals surface area (Å²) < 4.78 is 19.3. The van der Waals surface area contributed by atoms with Crippen LogP contribution in [-0.4, -0.2) is 52.2 Å². The molecule has 1 aliphatic rings. The molecule has 0 saturated heterocycles. The molecule has 4 atom stereocenters. The number of hydrogen-bond acceptors (Lipinski definition) is 5. The van der Waals surface area contributed by atoms with Gasteiger partial charge in [0.15, 0.2) is 0 Å². The van der Waals surface area contributed by atoms with Crippen molar-refractivity contribution in [2.24, 2.45) is 11.8 Å². The highest BCUT2D eigenvalue weighted by Crippen LogP contribution is 2.34. The molecule has 0 aromatic carbocycles. The number of carboxylic acid groups (broad SMARTS) is 1. The molecule has 0 radical (unpaired) electrons. The van der Waals surface area contributed by atoms with Crippen LogP contribution in [-0.2, 0) is 14.3 Å². The maximum absolute atomic E-state index is 14.6. The van der Waals surface area contributed by atoms with E-state index in [2.05, 4.69) is 23.8 Å². The van der Waals surface area contributed by atoms with E-state index in [-0.39, 0.29) is 37.1 Å². The van der Waals surface area contributed by atoms with Crippen LogP contribution in [0, 0.1) is 11.8 Å². The number of alkyl halides is 1. The van der Waals surface area contributed by atoms with Gasteiger partial charge in [-0.15, -0.1) is 0 Å². The summed E-state index contributed by atoms with van der Waals surface area (Å²) in [5, 5.41) is 27.5. The van der Waals surface area contributed by atoms with Gasteiger partial charge in [-0.05, 0) is 44.4 Å². The lowest BCUT2D eigenvalue weighted by atomic mass is 9.88. The van der Waals surface area contributed by atoms with Gasteiger partial charge in [0.25, 0.3) is 5.67 Å². The lowest BCUT2D eigenvalue weighted by Crippen LogP contribution is -2.47. The Kier molecular flexibility index (Phi) is 13.1. The molecule has 3 N–H and O–H groups in total. The van der Waals surface area contributed by atoms with E-state index in [0.29, 0.717) is 19.3 Å². The summed E-state index contributed by atoms with van der Waals surface area (Å²) >= 11 is 0. The Morgan fingerprint density at radius 1 is 1.27 bits per heavy atom. The fourth-order valence-electron chi connectivity index (χ4n) is 4.06. The second-order valence-corrected chi connectivity index (χ2v) is 8.27. The van der Waals surface area contributed by atoms with Gasteiger partial charge in [0.1, 0.15) is 5.78 Å². The number of aliphatic hydroxyl groups excluding tert-OH is 2. The maximum atomic E-state index is 14.6. The first kappa shape index (κ1) is 26.7. The van der Waals surface area contributed by atoms with Crippen molar-refractivity contribution in [3.8, 4) is 0 Å². The minimum atomic E-state index is -2.90. The third-order valence-electron chi connectivity index (χ3n) is 5.93. The summed E-state index contributed by atoms with van der Waals surface area (Å²) in [6.45, 7) is 1.42. The van der Waals surface area contributed by atoms with Crippen LogP contribution >= 0.6 is 0 Å². The van der Waals surface area contributed by atoms with Gasteiger partial charge in [-0.1, -0.05) is 51.2 Å². The van der Waals surface area contributed by atoms with E-state index >= 15 is 0 Å². The number of unbranched alkanes of at least 4 members (excludes halogenated alkanes) is 6. The molecule has 7 heteroatoms. The Morgan fingerprint density at radius 3 is 2.67 bits per heavy atom. The third kappa shape index (κ3) is 8.82. The van der Waals surface area contributed by atoms with Crippen molar-refractivity contribution in [2.45, 2.75) is 95.9 Å². The van der Waals surface area contributed by atoms with Crippen LogP contribution in [0.15, 0.2) is 12.2 Å². The molecular formula is C23H39FO6. The Labute approximate surface area is 179 Å². The molecule has 2 unspecified atom stereocenters. The second-order valence-electron chi connectivity index (χ2n) is 8.27. The third-order valence-corrected chi connectivity index (χ3v) is 5.93. The number of ketones is 1. The molecule has 0 bridgehead atoms. The quantitative estimate of drug-likeness (QED) is 0.182. The van der Waals surface area contributed by atoms with Gasteiger partial charge in [0.05, 0.1) is 13.2 Å². The van der Waals surface area contributed by atoms with Gasteiger partial charge in [0.2, 0.25) is 6.29 Å². The summed E-state index contributed by atoms with van der Waals surface area (Å²) in [6.07, 6.45) is 11.6. The van der Waals surface area contributed by atoms with Crippen molar-refractivity contribution in [3.63, 3.8) is 0 Å². The summed E-state index contributed by atoms with van der Waals surface area (Å²) in [5.74, 6) is -1.21. The van der Waals surface area contributed by atoms with E-state index in [9.17, 15) is 19.1 Å². The van der Waals surface area contributed by atoms with E-state index < -0.39 is 24.5 Å². The molecule has 6 nitrogen and oxygen atoms in total. The van der Waals surface area contributed by atoms with Crippen LogP contribution in [0.2, 0.25) is 0 Å². The topological polar surface area (TPSA) is 104 Å². The molecule has 0 aromatic heterocycles. The minimum absolute atomic E-state index is 0.00461. The lowest BCUT2D eigenvalue weighted by Gasteiger charge is -2.26. The minimum Gasteiger partial charge on any atom is -0.479 e. The summed E-state index contributed by atoms with van der Waals surface area (Å²) in [4.78, 5) is 23.5. The molecule has 0 aromatic rings. The molecule has 1 rings (SSSR count). The standard InChI is InChI=1S/C23H39FO6/c1-2-3-4-5-6-8-11-18-13-14-20(26)19(18)12-9-7-10-15-23(24,21(27)28)22(29)30-17-16-25/h8,11,18-19,22,25,29H,2-7,9-10,12-17H2,1H3,(H,27,28)/t18-,19+,22?,23?/m0/s1. The molecular weight excluding hydrogens is 391 g/mol. The number of ether oxygens (including phenoxy) is 1. The largest absolute Gasteiger partial charge is 0.479 e. The molecule has 0 aliphatic heterocycles. The molecule has 1 fully saturated rings. The van der Waals surface area contributed by atoms with Crippen LogP contribution < -0.4 is 0 Å². The van der Waals surface area contributed by atoms with Gasteiger partial charge >= 0.3 is 5.97 Å². The van der Waals surface area contributed by atoms with Crippen LogP contribution in [0.5, 0.6) is 0 Å². The number of carbonyl (C=O) groups excluding carboxylic acids is 1. The highest BCUT2D eigenvalue weighted by Gasteiger charge is 2.46. The van der Waals surface area contributed by atoms with Crippen LogP contribution in [0.1, 0.15) is 84.0 Å². The summed E-state index contributed by atoms with van der Waals surface area (Å²) in [5.41, 5.74) is -2.90. The van der Waals surface area contributed by atoms with Gasteiger partial charge in [-0.2, -0.15) is 0 Å². The van der Waals surface area contributed by atoms with Crippen molar-refractivity contribution in [1.29, 1.82) is 0 Å². The van der Waals surface area contributed by atoms with Gasteiger partial charge in [0, 0.05) is 12.3 Å². The number of aliphatic carboxylic acids is 1. The first-order chi connectivity index (χ1) is 14.4. The predicted molar refractivity (Wildman–Crippen MR) is 113 cm³/mol. The number of aliphatic hydroxyl groups is 2. The van der Waals surface area contributed by atoms with E-state index in [1.807, 2.05) is 0 Å². The van der Waals surface area contributed by atoms with Crippen LogP contribution in [0.25, 0.3) is 0 Å². The van der Waals surface area contributed by atoms with Crippen molar-refractivity contribution in [2.75, 3.05) is 13.2 Å². The highest BCUT2D eigenvalue weighted by molar-refractivity contribution is 5.83. The molecule has 174 valence electrons. The summed E-state index contributed by atoms with van der Waals surface area (Å²) in [6, 6.07) is 0. The van der Waals surface area contributed by atoms with E-state index in [0.717, 1.165) is 19.3 Å². The van der Waals surface area contributed by atoms with E-state index in [4.69, 9.17) is 10.2 Å². The Morgan fingerprint density at radius 2 is 2.00 bits per heavy atom. The Bertz CT molecular complexity index is 538. The SMILES string of the molecule is CCCCCCC=C[C@H]1CCC(=O)[C@@H]1CCCCCC(F)(C(=O)O)C(O)OCCO. The predicted octanol–water partition coefficient (Wildman–Crippen LogP) is 4.18. The number of rotatable bonds is 17. The number of carbonyl (C=O) groups is 2. The number of halogens is 1. The van der Waals surface area contributed by atoms with Crippen molar-refractivity contribution in [3.05, 3.63) is 12.2 Å². The summed E-state index contributed by atoms with van der Waals surface area (Å²) in [7, 11) is 0. The van der Waals surface area contributed by atoms with E-state index in [1.54, 1.807) is 0 Å². The van der Waals surface area contributed by atoms with Gasteiger partial charge < -0.3 is 20.1 Å². The lowest BCUT2D eigenvalue weighted by molar-refractivity contribution is -0.206. The molecule has 0 amide bonds.